The standard InChI is InChI=1S/C14H18N2O/c1-9-6-11(4-5-15)8-12-13(17-3)7-10(2)16-14(9)12/h6-8H,4-5,15H2,1-3H3. The third kappa shape index (κ3) is 2.24. The molecule has 0 fully saturated rings. The summed E-state index contributed by atoms with van der Waals surface area (Å²) in [5.74, 6) is 0.884. The number of hydrogen-bond acceptors (Lipinski definition) is 3. The SMILES string of the molecule is COc1cc(C)nc2c(C)cc(CCN)cc12. The highest BCUT2D eigenvalue weighted by molar-refractivity contribution is 5.88. The molecule has 3 nitrogen and oxygen atoms in total. The molecular formula is C14H18N2O. The number of nitrogens with zero attached hydrogens (tertiary/aromatic N) is 1. The Morgan fingerprint density at radius 2 is 2.00 bits per heavy atom. The molecular weight excluding hydrogens is 212 g/mol. The molecule has 0 atom stereocenters. The fourth-order valence-corrected chi connectivity index (χ4v) is 2.15. The van der Waals surface area contributed by atoms with E-state index >= 15 is 0 Å². The summed E-state index contributed by atoms with van der Waals surface area (Å²) in [5.41, 5.74) is 10.0. The Labute approximate surface area is 102 Å². The average molecular weight is 230 g/mol. The fourth-order valence-electron chi connectivity index (χ4n) is 2.15. The van der Waals surface area contributed by atoms with Gasteiger partial charge in [0.15, 0.2) is 0 Å². The van der Waals surface area contributed by atoms with E-state index in [1.54, 1.807) is 7.11 Å². The Kier molecular flexibility index (Phi) is 3.29. The number of aromatic nitrogens is 1. The van der Waals surface area contributed by atoms with Gasteiger partial charge in [-0.1, -0.05) is 6.07 Å². The Morgan fingerprint density at radius 3 is 2.65 bits per heavy atom. The van der Waals surface area contributed by atoms with Crippen LogP contribution in [0.5, 0.6) is 5.75 Å². The molecule has 0 spiro atoms. The molecule has 2 rings (SSSR count). The fraction of sp³-hybridized carbons (Fsp3) is 0.357. The maximum absolute atomic E-state index is 5.60. The van der Waals surface area contributed by atoms with Gasteiger partial charge in [0.05, 0.1) is 12.6 Å². The van der Waals surface area contributed by atoms with Gasteiger partial charge in [-0.25, -0.2) is 0 Å². The van der Waals surface area contributed by atoms with Crippen LogP contribution in [0.15, 0.2) is 18.2 Å². The van der Waals surface area contributed by atoms with Crippen LogP contribution in [0.4, 0.5) is 0 Å². The number of nitrogens with two attached hydrogens (primary N) is 1. The van der Waals surface area contributed by atoms with Gasteiger partial charge in [0.1, 0.15) is 5.75 Å². The molecule has 0 aliphatic carbocycles. The van der Waals surface area contributed by atoms with Crippen molar-refractivity contribution in [1.29, 1.82) is 0 Å². The number of rotatable bonds is 3. The highest BCUT2D eigenvalue weighted by Gasteiger charge is 2.08. The van der Waals surface area contributed by atoms with E-state index in [4.69, 9.17) is 10.5 Å². The highest BCUT2D eigenvalue weighted by Crippen LogP contribution is 2.28. The van der Waals surface area contributed by atoms with Crippen molar-refractivity contribution in [3.8, 4) is 5.75 Å². The number of methoxy groups -OCH3 is 1. The lowest BCUT2D eigenvalue weighted by Gasteiger charge is -2.10. The van der Waals surface area contributed by atoms with Crippen molar-refractivity contribution in [2.45, 2.75) is 20.3 Å². The number of ether oxygens (including phenoxy) is 1. The normalized spacial score (nSPS) is 10.8. The quantitative estimate of drug-likeness (QED) is 0.880. The second-order valence-corrected chi connectivity index (χ2v) is 4.31. The third-order valence-electron chi connectivity index (χ3n) is 2.91. The van der Waals surface area contributed by atoms with Gasteiger partial charge in [0, 0.05) is 17.1 Å². The molecule has 0 radical (unpaired) electrons. The van der Waals surface area contributed by atoms with Gasteiger partial charge in [0.25, 0.3) is 0 Å². The van der Waals surface area contributed by atoms with E-state index < -0.39 is 0 Å². The summed E-state index contributed by atoms with van der Waals surface area (Å²) in [6.07, 6.45) is 0.883. The molecule has 0 bridgehead atoms. The Bertz CT molecular complexity index is 549. The van der Waals surface area contributed by atoms with Crippen molar-refractivity contribution in [2.75, 3.05) is 13.7 Å². The molecule has 2 aromatic rings. The van der Waals surface area contributed by atoms with Crippen molar-refractivity contribution in [1.82, 2.24) is 4.98 Å². The van der Waals surface area contributed by atoms with E-state index in [1.165, 1.54) is 11.1 Å². The number of fused-ring (bicyclic) bond motifs is 1. The predicted octanol–water partition coefficient (Wildman–Crippen LogP) is 2.36. The molecule has 3 heteroatoms. The largest absolute Gasteiger partial charge is 0.496 e. The topological polar surface area (TPSA) is 48.1 Å². The monoisotopic (exact) mass is 230 g/mol. The van der Waals surface area contributed by atoms with Crippen LogP contribution in [-0.4, -0.2) is 18.6 Å². The van der Waals surface area contributed by atoms with Crippen LogP contribution in [0.2, 0.25) is 0 Å². The van der Waals surface area contributed by atoms with Gasteiger partial charge in [0.2, 0.25) is 0 Å². The van der Waals surface area contributed by atoms with Crippen LogP contribution >= 0.6 is 0 Å². The zero-order chi connectivity index (χ0) is 12.4. The maximum atomic E-state index is 5.60. The van der Waals surface area contributed by atoms with Crippen LogP contribution in [-0.2, 0) is 6.42 Å². The smallest absolute Gasteiger partial charge is 0.130 e. The van der Waals surface area contributed by atoms with E-state index in [9.17, 15) is 0 Å². The van der Waals surface area contributed by atoms with Crippen molar-refractivity contribution in [3.63, 3.8) is 0 Å². The average Bonchev–Trinajstić information content (AvgIpc) is 2.30. The van der Waals surface area contributed by atoms with E-state index in [-0.39, 0.29) is 0 Å². The summed E-state index contributed by atoms with van der Waals surface area (Å²) >= 11 is 0. The number of hydrogen-bond donors (Lipinski definition) is 1. The van der Waals surface area contributed by atoms with Gasteiger partial charge >= 0.3 is 0 Å². The van der Waals surface area contributed by atoms with Gasteiger partial charge in [-0.15, -0.1) is 0 Å². The van der Waals surface area contributed by atoms with E-state index in [0.717, 1.165) is 28.8 Å². The molecule has 0 aliphatic rings. The third-order valence-corrected chi connectivity index (χ3v) is 2.91. The van der Waals surface area contributed by atoms with Crippen LogP contribution in [0.1, 0.15) is 16.8 Å². The number of benzene rings is 1. The van der Waals surface area contributed by atoms with Crippen LogP contribution in [0.3, 0.4) is 0 Å². The lowest BCUT2D eigenvalue weighted by atomic mass is 10.0. The zero-order valence-electron chi connectivity index (χ0n) is 10.6. The molecule has 1 aromatic carbocycles. The molecule has 0 unspecified atom stereocenters. The number of pyridine rings is 1. The Hall–Kier alpha value is -1.61. The first-order valence-electron chi connectivity index (χ1n) is 5.80. The molecule has 2 N–H and O–H groups in total. The van der Waals surface area contributed by atoms with Crippen molar-refractivity contribution in [3.05, 3.63) is 35.0 Å². The van der Waals surface area contributed by atoms with E-state index in [1.807, 2.05) is 13.0 Å². The van der Waals surface area contributed by atoms with Gasteiger partial charge in [-0.3, -0.25) is 4.98 Å². The lowest BCUT2D eigenvalue weighted by Crippen LogP contribution is -2.03. The summed E-state index contributed by atoms with van der Waals surface area (Å²) in [5, 5.41) is 1.07. The van der Waals surface area contributed by atoms with E-state index in [2.05, 4.69) is 24.0 Å². The minimum Gasteiger partial charge on any atom is -0.496 e. The molecule has 1 heterocycles. The van der Waals surface area contributed by atoms with Crippen LogP contribution in [0.25, 0.3) is 10.9 Å². The minimum absolute atomic E-state index is 0.659. The minimum atomic E-state index is 0.659. The van der Waals surface area contributed by atoms with Crippen LogP contribution in [0, 0.1) is 13.8 Å². The summed E-state index contributed by atoms with van der Waals surface area (Å²) in [6.45, 7) is 4.72. The molecule has 1 aromatic heterocycles. The van der Waals surface area contributed by atoms with Gasteiger partial charge < -0.3 is 10.5 Å². The first-order valence-corrected chi connectivity index (χ1v) is 5.80. The summed E-state index contributed by atoms with van der Waals surface area (Å²) in [7, 11) is 1.69. The predicted molar refractivity (Wildman–Crippen MR) is 70.5 cm³/mol. The first kappa shape index (κ1) is 11.9. The first-order chi connectivity index (χ1) is 8.15. The van der Waals surface area contributed by atoms with Crippen molar-refractivity contribution >= 4 is 10.9 Å². The van der Waals surface area contributed by atoms with Crippen molar-refractivity contribution < 1.29 is 4.74 Å². The van der Waals surface area contributed by atoms with Crippen molar-refractivity contribution in [2.24, 2.45) is 5.73 Å². The van der Waals surface area contributed by atoms with Gasteiger partial charge in [-0.2, -0.15) is 0 Å². The molecule has 90 valence electrons. The summed E-state index contributed by atoms with van der Waals surface area (Å²) in [6, 6.07) is 6.25. The summed E-state index contributed by atoms with van der Waals surface area (Å²) in [4.78, 5) is 4.57. The second kappa shape index (κ2) is 4.72. The van der Waals surface area contributed by atoms with Crippen LogP contribution < -0.4 is 10.5 Å². The molecule has 0 aliphatic heterocycles. The maximum Gasteiger partial charge on any atom is 0.130 e. The lowest BCUT2D eigenvalue weighted by molar-refractivity contribution is 0.419. The Balaban J connectivity index is 2.72. The molecule has 0 saturated carbocycles. The zero-order valence-corrected chi connectivity index (χ0v) is 10.6. The van der Waals surface area contributed by atoms with E-state index in [0.29, 0.717) is 6.54 Å². The molecule has 17 heavy (non-hydrogen) atoms. The number of aryl methyl sites for hydroxylation is 2. The molecule has 0 amide bonds. The summed E-state index contributed by atoms with van der Waals surface area (Å²) < 4.78 is 5.43. The second-order valence-electron chi connectivity index (χ2n) is 4.31. The highest BCUT2D eigenvalue weighted by atomic mass is 16.5. The molecule has 0 saturated heterocycles. The van der Waals surface area contributed by atoms with Gasteiger partial charge in [-0.05, 0) is 44.0 Å². The Morgan fingerprint density at radius 1 is 1.24 bits per heavy atom.